The number of halogens is 2. The largest absolute Gasteiger partial charge is 0.327 e. The van der Waals surface area contributed by atoms with Crippen LogP contribution >= 0.6 is 11.6 Å². The summed E-state index contributed by atoms with van der Waals surface area (Å²) in [5.74, 6) is -0.434. The molecule has 0 bridgehead atoms. The summed E-state index contributed by atoms with van der Waals surface area (Å²) >= 11 is 5.61. The molecule has 0 aliphatic heterocycles. The average Bonchev–Trinajstić information content (AvgIpc) is 2.34. The molecule has 2 unspecified atom stereocenters. The molecule has 4 heteroatoms. The summed E-state index contributed by atoms with van der Waals surface area (Å²) in [5.41, 5.74) is 6.64. The van der Waals surface area contributed by atoms with Crippen molar-refractivity contribution in [2.75, 3.05) is 0 Å². The lowest BCUT2D eigenvalue weighted by molar-refractivity contribution is -0.123. The van der Waals surface area contributed by atoms with Crippen LogP contribution in [0.25, 0.3) is 0 Å². The van der Waals surface area contributed by atoms with Crippen LogP contribution in [-0.2, 0) is 11.2 Å². The molecule has 0 radical (unpaired) electrons. The Labute approximate surface area is 111 Å². The van der Waals surface area contributed by atoms with Gasteiger partial charge in [0, 0.05) is 18.4 Å². The second kappa shape index (κ2) is 5.81. The summed E-state index contributed by atoms with van der Waals surface area (Å²) in [4.78, 5) is 12.1. The lowest BCUT2D eigenvalue weighted by Crippen LogP contribution is -2.38. The molecule has 0 saturated heterocycles. The van der Waals surface area contributed by atoms with Gasteiger partial charge in [0.2, 0.25) is 0 Å². The zero-order valence-corrected chi connectivity index (χ0v) is 10.9. The summed E-state index contributed by atoms with van der Waals surface area (Å²) in [6.45, 7) is 0. The fourth-order valence-corrected chi connectivity index (χ4v) is 2.66. The predicted octanol–water partition coefficient (Wildman–Crippen LogP) is 3.11. The Bertz CT molecular complexity index is 449. The third-order valence-electron chi connectivity index (χ3n) is 3.60. The van der Waals surface area contributed by atoms with Crippen LogP contribution in [0.4, 0.5) is 4.39 Å². The smallest absolute Gasteiger partial charge is 0.142 e. The molecule has 2 N–H and O–H groups in total. The van der Waals surface area contributed by atoms with Gasteiger partial charge in [0.05, 0.1) is 5.02 Å². The fourth-order valence-electron chi connectivity index (χ4n) is 2.54. The van der Waals surface area contributed by atoms with Gasteiger partial charge in [0.15, 0.2) is 0 Å². The highest BCUT2D eigenvalue weighted by Crippen LogP contribution is 2.25. The van der Waals surface area contributed by atoms with Gasteiger partial charge in [-0.25, -0.2) is 4.39 Å². The fraction of sp³-hybridized carbons (Fsp3) is 0.500. The number of carbonyl (C=O) groups excluding carboxylic acids is 1. The highest BCUT2D eigenvalue weighted by Gasteiger charge is 2.27. The molecule has 1 saturated carbocycles. The monoisotopic (exact) mass is 269 g/mol. The molecular formula is C14H17ClFNO. The SMILES string of the molecule is NC1CCCCC1C(=O)Cc1ccc(Cl)c(F)c1. The minimum Gasteiger partial charge on any atom is -0.327 e. The molecule has 2 rings (SSSR count). The first-order valence-electron chi connectivity index (χ1n) is 6.30. The van der Waals surface area contributed by atoms with Crippen LogP contribution < -0.4 is 5.73 Å². The van der Waals surface area contributed by atoms with E-state index in [9.17, 15) is 9.18 Å². The van der Waals surface area contributed by atoms with Crippen molar-refractivity contribution in [1.82, 2.24) is 0 Å². The van der Waals surface area contributed by atoms with E-state index >= 15 is 0 Å². The Morgan fingerprint density at radius 1 is 1.39 bits per heavy atom. The van der Waals surface area contributed by atoms with Crippen molar-refractivity contribution in [3.05, 3.63) is 34.6 Å². The maximum absolute atomic E-state index is 13.3. The van der Waals surface area contributed by atoms with Gasteiger partial charge in [-0.3, -0.25) is 4.79 Å². The van der Waals surface area contributed by atoms with E-state index in [0.29, 0.717) is 5.56 Å². The molecule has 2 atom stereocenters. The minimum absolute atomic E-state index is 0.0385. The van der Waals surface area contributed by atoms with Crippen molar-refractivity contribution in [2.45, 2.75) is 38.1 Å². The third kappa shape index (κ3) is 3.09. The van der Waals surface area contributed by atoms with Gasteiger partial charge in [-0.05, 0) is 30.5 Å². The number of ketones is 1. The van der Waals surface area contributed by atoms with Crippen molar-refractivity contribution < 1.29 is 9.18 Å². The molecule has 1 fully saturated rings. The molecule has 1 aromatic carbocycles. The maximum atomic E-state index is 13.3. The molecular weight excluding hydrogens is 253 g/mol. The van der Waals surface area contributed by atoms with Crippen LogP contribution in [0.1, 0.15) is 31.2 Å². The van der Waals surface area contributed by atoms with Crippen LogP contribution in [0.3, 0.4) is 0 Å². The highest BCUT2D eigenvalue weighted by molar-refractivity contribution is 6.30. The number of Topliss-reactive ketones (excluding diaryl/α,β-unsaturated/α-hetero) is 1. The number of hydrogen-bond donors (Lipinski definition) is 1. The van der Waals surface area contributed by atoms with E-state index in [0.717, 1.165) is 25.7 Å². The van der Waals surface area contributed by atoms with Crippen LogP contribution in [-0.4, -0.2) is 11.8 Å². The number of rotatable bonds is 3. The zero-order valence-electron chi connectivity index (χ0n) is 10.2. The molecule has 0 heterocycles. The maximum Gasteiger partial charge on any atom is 0.142 e. The van der Waals surface area contributed by atoms with Gasteiger partial charge in [0.25, 0.3) is 0 Å². The topological polar surface area (TPSA) is 43.1 Å². The van der Waals surface area contributed by atoms with Gasteiger partial charge in [-0.2, -0.15) is 0 Å². The number of carbonyl (C=O) groups is 1. The Morgan fingerprint density at radius 3 is 2.78 bits per heavy atom. The predicted molar refractivity (Wildman–Crippen MR) is 70.1 cm³/mol. The van der Waals surface area contributed by atoms with E-state index in [1.807, 2.05) is 0 Å². The summed E-state index contributed by atoms with van der Waals surface area (Å²) in [5, 5.41) is 0.0839. The quantitative estimate of drug-likeness (QED) is 0.916. The van der Waals surface area contributed by atoms with Gasteiger partial charge in [-0.15, -0.1) is 0 Å². The zero-order chi connectivity index (χ0) is 13.1. The van der Waals surface area contributed by atoms with Crippen molar-refractivity contribution in [2.24, 2.45) is 11.7 Å². The van der Waals surface area contributed by atoms with Gasteiger partial charge < -0.3 is 5.73 Å². The summed E-state index contributed by atoms with van der Waals surface area (Å²) in [7, 11) is 0. The van der Waals surface area contributed by atoms with E-state index in [1.165, 1.54) is 12.1 Å². The van der Waals surface area contributed by atoms with Crippen molar-refractivity contribution in [3.63, 3.8) is 0 Å². The van der Waals surface area contributed by atoms with Crippen LogP contribution in [0.15, 0.2) is 18.2 Å². The Kier molecular flexibility index (Phi) is 4.36. The van der Waals surface area contributed by atoms with E-state index in [-0.39, 0.29) is 29.2 Å². The number of nitrogens with two attached hydrogens (primary N) is 1. The summed E-state index contributed by atoms with van der Waals surface area (Å²) in [6, 6.07) is 4.47. The molecule has 1 aliphatic carbocycles. The van der Waals surface area contributed by atoms with Crippen LogP contribution in [0.2, 0.25) is 5.02 Å². The first kappa shape index (κ1) is 13.5. The van der Waals surface area contributed by atoms with Crippen LogP contribution in [0, 0.1) is 11.7 Å². The molecule has 1 aliphatic rings. The first-order chi connectivity index (χ1) is 8.58. The molecule has 98 valence electrons. The van der Waals surface area contributed by atoms with Crippen molar-refractivity contribution in [3.8, 4) is 0 Å². The summed E-state index contributed by atoms with van der Waals surface area (Å²) in [6.07, 6.45) is 4.16. The molecule has 18 heavy (non-hydrogen) atoms. The average molecular weight is 270 g/mol. The normalized spacial score (nSPS) is 23.9. The Morgan fingerprint density at radius 2 is 2.11 bits per heavy atom. The molecule has 0 aromatic heterocycles. The van der Waals surface area contributed by atoms with Gasteiger partial charge >= 0.3 is 0 Å². The van der Waals surface area contributed by atoms with Gasteiger partial charge in [-0.1, -0.05) is 30.5 Å². The lowest BCUT2D eigenvalue weighted by atomic mass is 9.81. The first-order valence-corrected chi connectivity index (χ1v) is 6.68. The molecule has 1 aromatic rings. The van der Waals surface area contributed by atoms with Crippen LogP contribution in [0.5, 0.6) is 0 Å². The van der Waals surface area contributed by atoms with Crippen molar-refractivity contribution in [1.29, 1.82) is 0 Å². The summed E-state index contributed by atoms with van der Waals surface area (Å²) < 4.78 is 13.3. The molecule has 2 nitrogen and oxygen atoms in total. The van der Waals surface area contributed by atoms with E-state index in [1.54, 1.807) is 6.07 Å². The van der Waals surface area contributed by atoms with E-state index in [4.69, 9.17) is 17.3 Å². The Balaban J connectivity index is 2.04. The molecule has 0 spiro atoms. The highest BCUT2D eigenvalue weighted by atomic mass is 35.5. The van der Waals surface area contributed by atoms with Gasteiger partial charge in [0.1, 0.15) is 11.6 Å². The molecule has 0 amide bonds. The van der Waals surface area contributed by atoms with Crippen molar-refractivity contribution >= 4 is 17.4 Å². The third-order valence-corrected chi connectivity index (χ3v) is 3.90. The van der Waals surface area contributed by atoms with E-state index < -0.39 is 5.82 Å². The number of hydrogen-bond acceptors (Lipinski definition) is 2. The standard InChI is InChI=1S/C14H17ClFNO/c15-11-6-5-9(7-12(11)16)8-14(18)10-3-1-2-4-13(10)17/h5-7,10,13H,1-4,8,17H2. The second-order valence-corrected chi connectivity index (χ2v) is 5.35. The second-order valence-electron chi connectivity index (χ2n) is 4.95. The minimum atomic E-state index is -0.477. The number of benzene rings is 1. The lowest BCUT2D eigenvalue weighted by Gasteiger charge is -2.27. The van der Waals surface area contributed by atoms with E-state index in [2.05, 4.69) is 0 Å². The Hall–Kier alpha value is -0.930.